The summed E-state index contributed by atoms with van der Waals surface area (Å²) in [6, 6.07) is 8.37. The van der Waals surface area contributed by atoms with Gasteiger partial charge in [0.15, 0.2) is 0 Å². The summed E-state index contributed by atoms with van der Waals surface area (Å²) < 4.78 is 0. The molecule has 2 heterocycles. The summed E-state index contributed by atoms with van der Waals surface area (Å²) in [5.41, 5.74) is 2.42. The molecule has 9 heteroatoms. The molecule has 4 bridgehead atoms. The molecular formula is C31H41N7O2. The molecule has 3 N–H and O–H groups in total. The maximum absolute atomic E-state index is 13.3. The van der Waals surface area contributed by atoms with Crippen LogP contribution < -0.4 is 16.0 Å². The van der Waals surface area contributed by atoms with Crippen LogP contribution >= 0.6 is 0 Å². The van der Waals surface area contributed by atoms with Gasteiger partial charge in [0.05, 0.1) is 5.41 Å². The Labute approximate surface area is 236 Å². The average molecular weight is 544 g/mol. The van der Waals surface area contributed by atoms with Crippen LogP contribution in [-0.4, -0.2) is 76.9 Å². The van der Waals surface area contributed by atoms with Gasteiger partial charge in [-0.1, -0.05) is 0 Å². The van der Waals surface area contributed by atoms with Crippen molar-refractivity contribution in [2.24, 2.45) is 23.2 Å². The number of anilines is 3. The molecule has 0 radical (unpaired) electrons. The van der Waals surface area contributed by atoms with E-state index in [1.807, 2.05) is 42.3 Å². The van der Waals surface area contributed by atoms with E-state index >= 15 is 0 Å². The standard InChI is InChI=1S/C31H41N7O2/c1-19-18-32-30(34-25-5-3-21(4-6-25)28(39)38-11-9-37(2)10-12-38)36-27(19)35-26-22-13-20-14-23(26)17-31(15-20,16-22)29(40)33-24-7-8-24/h3-6,18,20,22-24,26H,7-17H2,1-2H3,(H,33,40)(H2,32,34,35,36). The van der Waals surface area contributed by atoms with Gasteiger partial charge in [0.1, 0.15) is 5.82 Å². The highest BCUT2D eigenvalue weighted by molar-refractivity contribution is 5.94. The van der Waals surface area contributed by atoms with Crippen LogP contribution in [0.25, 0.3) is 0 Å². The number of amides is 2. The van der Waals surface area contributed by atoms with E-state index in [0.29, 0.717) is 47.3 Å². The van der Waals surface area contributed by atoms with E-state index in [1.54, 1.807) is 0 Å². The largest absolute Gasteiger partial charge is 0.366 e. The number of aromatic nitrogens is 2. The SMILES string of the molecule is Cc1cnc(Nc2ccc(C(=O)N3CCN(C)CC3)cc2)nc1NC1C2CC3CC1CC(C(=O)NC1CC1)(C3)C2. The Kier molecular flexibility index (Phi) is 6.45. The van der Waals surface area contributed by atoms with Gasteiger partial charge in [0.2, 0.25) is 11.9 Å². The van der Waals surface area contributed by atoms with Crippen LogP contribution in [0.2, 0.25) is 0 Å². The molecule has 6 aliphatic rings. The lowest BCUT2D eigenvalue weighted by atomic mass is 9.47. The summed E-state index contributed by atoms with van der Waals surface area (Å²) in [4.78, 5) is 39.7. The first kappa shape index (κ1) is 25.7. The van der Waals surface area contributed by atoms with Gasteiger partial charge in [0.25, 0.3) is 5.91 Å². The normalized spacial score (nSPS) is 31.2. The van der Waals surface area contributed by atoms with Crippen molar-refractivity contribution in [2.45, 2.75) is 64.0 Å². The summed E-state index contributed by atoms with van der Waals surface area (Å²) >= 11 is 0. The van der Waals surface area contributed by atoms with E-state index in [4.69, 9.17) is 4.98 Å². The topological polar surface area (TPSA) is 102 Å². The van der Waals surface area contributed by atoms with Crippen molar-refractivity contribution in [2.75, 3.05) is 43.9 Å². The van der Waals surface area contributed by atoms with Gasteiger partial charge in [-0.25, -0.2) is 4.98 Å². The summed E-state index contributed by atoms with van der Waals surface area (Å²) in [6.07, 6.45) is 9.63. The predicted octanol–water partition coefficient (Wildman–Crippen LogP) is 3.80. The minimum Gasteiger partial charge on any atom is -0.366 e. The van der Waals surface area contributed by atoms with Crippen LogP contribution in [0.4, 0.5) is 17.5 Å². The molecule has 1 aromatic carbocycles. The Bertz CT molecular complexity index is 1270. The number of piperazine rings is 1. The predicted molar refractivity (Wildman–Crippen MR) is 154 cm³/mol. The van der Waals surface area contributed by atoms with Gasteiger partial charge in [-0.2, -0.15) is 4.98 Å². The number of benzene rings is 1. The third-order valence-electron chi connectivity index (χ3n) is 10.1. The van der Waals surface area contributed by atoms with E-state index in [2.05, 4.69) is 32.9 Å². The van der Waals surface area contributed by atoms with Gasteiger partial charge in [-0.05, 0) is 101 Å². The first-order valence-electron chi connectivity index (χ1n) is 15.1. The molecule has 8 rings (SSSR count). The smallest absolute Gasteiger partial charge is 0.253 e. The summed E-state index contributed by atoms with van der Waals surface area (Å²) in [5, 5.41) is 10.5. The highest BCUT2D eigenvalue weighted by Gasteiger charge is 2.58. The van der Waals surface area contributed by atoms with Gasteiger partial charge in [-0.3, -0.25) is 9.59 Å². The van der Waals surface area contributed by atoms with Crippen molar-refractivity contribution in [1.82, 2.24) is 25.1 Å². The fourth-order valence-electron chi connectivity index (χ4n) is 7.93. The van der Waals surface area contributed by atoms with Crippen molar-refractivity contribution in [3.8, 4) is 0 Å². The summed E-state index contributed by atoms with van der Waals surface area (Å²) in [5.74, 6) is 3.51. The van der Waals surface area contributed by atoms with Crippen LogP contribution in [0.5, 0.6) is 0 Å². The van der Waals surface area contributed by atoms with Crippen molar-refractivity contribution in [1.29, 1.82) is 0 Å². The molecule has 1 aliphatic heterocycles. The number of nitrogens with one attached hydrogen (secondary N) is 3. The fraction of sp³-hybridized carbons (Fsp3) is 0.613. The molecule has 212 valence electrons. The van der Waals surface area contributed by atoms with E-state index in [-0.39, 0.29) is 11.3 Å². The molecule has 5 saturated carbocycles. The molecule has 2 amide bonds. The summed E-state index contributed by atoms with van der Waals surface area (Å²) in [6.45, 7) is 5.39. The molecule has 2 atom stereocenters. The average Bonchev–Trinajstić information content (AvgIpc) is 3.76. The monoisotopic (exact) mass is 543 g/mol. The van der Waals surface area contributed by atoms with Crippen molar-refractivity contribution >= 4 is 29.3 Å². The lowest BCUT2D eigenvalue weighted by molar-refractivity contribution is -0.147. The molecule has 6 fully saturated rings. The number of carbonyl (C=O) groups is 2. The van der Waals surface area contributed by atoms with Gasteiger partial charge < -0.3 is 25.8 Å². The second-order valence-electron chi connectivity index (χ2n) is 13.2. The van der Waals surface area contributed by atoms with E-state index in [1.165, 1.54) is 12.8 Å². The van der Waals surface area contributed by atoms with Crippen molar-refractivity contribution in [3.63, 3.8) is 0 Å². The van der Waals surface area contributed by atoms with Gasteiger partial charge >= 0.3 is 0 Å². The molecule has 2 unspecified atom stereocenters. The maximum atomic E-state index is 13.3. The Balaban J connectivity index is 1.01. The van der Waals surface area contributed by atoms with Crippen molar-refractivity contribution in [3.05, 3.63) is 41.6 Å². The third-order valence-corrected chi connectivity index (χ3v) is 10.1. The second-order valence-corrected chi connectivity index (χ2v) is 13.2. The van der Waals surface area contributed by atoms with Gasteiger partial charge in [-0.15, -0.1) is 0 Å². The number of hydrogen-bond acceptors (Lipinski definition) is 7. The summed E-state index contributed by atoms with van der Waals surface area (Å²) in [7, 11) is 2.09. The molecule has 2 aromatic rings. The highest BCUT2D eigenvalue weighted by atomic mass is 16.2. The molecule has 1 saturated heterocycles. The molecule has 1 aromatic heterocycles. The fourth-order valence-corrected chi connectivity index (χ4v) is 7.93. The van der Waals surface area contributed by atoms with Crippen LogP contribution in [0.15, 0.2) is 30.5 Å². The Morgan fingerprint density at radius 3 is 2.35 bits per heavy atom. The Morgan fingerprint density at radius 1 is 0.975 bits per heavy atom. The molecule has 9 nitrogen and oxygen atoms in total. The van der Waals surface area contributed by atoms with Crippen LogP contribution in [0.1, 0.15) is 60.9 Å². The van der Waals surface area contributed by atoms with Crippen LogP contribution in [0, 0.1) is 30.1 Å². The van der Waals surface area contributed by atoms with Crippen LogP contribution in [-0.2, 0) is 4.79 Å². The number of hydrogen-bond donors (Lipinski definition) is 3. The quantitative estimate of drug-likeness (QED) is 0.488. The number of nitrogens with zero attached hydrogens (tertiary/aromatic N) is 4. The Hall–Kier alpha value is -3.20. The zero-order valence-corrected chi connectivity index (χ0v) is 23.7. The number of carbonyl (C=O) groups excluding carboxylic acids is 2. The van der Waals surface area contributed by atoms with Crippen molar-refractivity contribution < 1.29 is 9.59 Å². The minimum absolute atomic E-state index is 0.0835. The first-order valence-corrected chi connectivity index (χ1v) is 15.1. The van der Waals surface area contributed by atoms with E-state index < -0.39 is 0 Å². The Morgan fingerprint density at radius 2 is 1.68 bits per heavy atom. The lowest BCUT2D eigenvalue weighted by Crippen LogP contribution is -2.60. The molecule has 40 heavy (non-hydrogen) atoms. The van der Waals surface area contributed by atoms with Crippen LogP contribution in [0.3, 0.4) is 0 Å². The number of likely N-dealkylation sites (N-methyl/N-ethyl adjacent to an activating group) is 1. The third kappa shape index (κ3) is 4.93. The second kappa shape index (κ2) is 10.0. The zero-order chi connectivity index (χ0) is 27.4. The van der Waals surface area contributed by atoms with E-state index in [0.717, 1.165) is 75.4 Å². The molecule has 0 spiro atoms. The zero-order valence-electron chi connectivity index (χ0n) is 23.7. The lowest BCUT2D eigenvalue weighted by Gasteiger charge is -2.59. The van der Waals surface area contributed by atoms with E-state index in [9.17, 15) is 9.59 Å². The molecule has 5 aliphatic carbocycles. The first-order chi connectivity index (χ1) is 19.3. The molecular weight excluding hydrogens is 502 g/mol. The number of aryl methyl sites for hydroxylation is 1. The highest BCUT2D eigenvalue weighted by Crippen LogP contribution is 2.60. The maximum Gasteiger partial charge on any atom is 0.253 e. The number of rotatable bonds is 7. The van der Waals surface area contributed by atoms with Gasteiger partial charge in [0, 0.05) is 61.3 Å². The minimum atomic E-state index is -0.150.